The van der Waals surface area contributed by atoms with E-state index in [0.29, 0.717) is 18.1 Å². The average Bonchev–Trinajstić information content (AvgIpc) is 3.16. The van der Waals surface area contributed by atoms with Crippen LogP contribution < -0.4 is 23.8 Å². The van der Waals surface area contributed by atoms with Gasteiger partial charge in [-0.05, 0) is 79.4 Å². The summed E-state index contributed by atoms with van der Waals surface area (Å²) in [5, 5.41) is 3.24. The normalized spacial score (nSPS) is 13.8. The van der Waals surface area contributed by atoms with Crippen molar-refractivity contribution in [2.75, 3.05) is 31.7 Å². The van der Waals surface area contributed by atoms with Crippen LogP contribution in [0, 0.1) is 0 Å². The van der Waals surface area contributed by atoms with Gasteiger partial charge in [-0.1, -0.05) is 77.7 Å². The van der Waals surface area contributed by atoms with Gasteiger partial charge in [0.25, 0.3) is 10.0 Å². The van der Waals surface area contributed by atoms with Gasteiger partial charge in [-0.15, -0.1) is 0 Å². The standard InChI is InChI=1S/C40H46BrN3O7S/c1-4-51-34-21-19-33(20-22-34)44(52(47,48)35-23-24-37(49-2)38(26-35)50-3)28-39(45)43(27-30-15-17-31(41)18-16-30)36(25-29-11-7-5-8-12-29)40(46)42-32-13-9-6-10-14-32/h5,7-8,11-12,15-24,26,32,36H,4,6,9-10,13-14,25,27-28H2,1-3H3,(H,42,46)/t36-/m1/s1. The average molecular weight is 793 g/mol. The van der Waals surface area contributed by atoms with Crippen molar-refractivity contribution in [3.05, 3.63) is 113 Å². The fourth-order valence-electron chi connectivity index (χ4n) is 6.39. The van der Waals surface area contributed by atoms with Crippen LogP contribution in [0.15, 0.2) is 106 Å². The largest absolute Gasteiger partial charge is 0.494 e. The lowest BCUT2D eigenvalue weighted by Gasteiger charge is -2.35. The maximum absolute atomic E-state index is 14.9. The van der Waals surface area contributed by atoms with Crippen molar-refractivity contribution in [1.82, 2.24) is 10.2 Å². The lowest BCUT2D eigenvalue weighted by Crippen LogP contribution is -2.55. The zero-order valence-corrected chi connectivity index (χ0v) is 32.2. The van der Waals surface area contributed by atoms with Crippen LogP contribution in [0.25, 0.3) is 0 Å². The number of carbonyl (C=O) groups excluding carboxylic acids is 2. The molecule has 0 aliphatic heterocycles. The lowest BCUT2D eigenvalue weighted by molar-refractivity contribution is -0.140. The molecule has 0 spiro atoms. The van der Waals surface area contributed by atoms with Crippen molar-refractivity contribution in [2.45, 2.75) is 69.0 Å². The van der Waals surface area contributed by atoms with Gasteiger partial charge in [-0.2, -0.15) is 0 Å². The zero-order valence-electron chi connectivity index (χ0n) is 29.8. The molecular weight excluding hydrogens is 746 g/mol. The third-order valence-corrected chi connectivity index (χ3v) is 11.4. The highest BCUT2D eigenvalue weighted by atomic mass is 79.9. The minimum absolute atomic E-state index is 0.00920. The molecule has 0 heterocycles. The van der Waals surface area contributed by atoms with Crippen molar-refractivity contribution in [1.29, 1.82) is 0 Å². The number of ether oxygens (including phenoxy) is 3. The highest BCUT2D eigenvalue weighted by Crippen LogP contribution is 2.33. The van der Waals surface area contributed by atoms with Gasteiger partial charge in [-0.25, -0.2) is 8.42 Å². The Labute approximate surface area is 315 Å². The predicted octanol–water partition coefficient (Wildman–Crippen LogP) is 7.15. The van der Waals surface area contributed by atoms with Gasteiger partial charge >= 0.3 is 0 Å². The molecule has 276 valence electrons. The Balaban J connectivity index is 1.58. The Morgan fingerprint density at radius 3 is 2.15 bits per heavy atom. The van der Waals surface area contributed by atoms with Gasteiger partial charge in [0.1, 0.15) is 18.3 Å². The molecule has 0 saturated heterocycles. The maximum atomic E-state index is 14.9. The van der Waals surface area contributed by atoms with E-state index in [1.54, 1.807) is 24.3 Å². The smallest absolute Gasteiger partial charge is 0.264 e. The number of carbonyl (C=O) groups is 2. The fourth-order valence-corrected chi connectivity index (χ4v) is 8.09. The van der Waals surface area contributed by atoms with Crippen LogP contribution in [0.1, 0.15) is 50.2 Å². The van der Waals surface area contributed by atoms with E-state index in [0.717, 1.165) is 52.0 Å². The van der Waals surface area contributed by atoms with E-state index in [4.69, 9.17) is 14.2 Å². The van der Waals surface area contributed by atoms with Gasteiger partial charge in [0.2, 0.25) is 11.8 Å². The summed E-state index contributed by atoms with van der Waals surface area (Å²) in [6.07, 6.45) is 5.18. The number of methoxy groups -OCH3 is 2. The van der Waals surface area contributed by atoms with Gasteiger partial charge in [-0.3, -0.25) is 13.9 Å². The third-order valence-electron chi connectivity index (χ3n) is 9.15. The molecule has 1 N–H and O–H groups in total. The van der Waals surface area contributed by atoms with Gasteiger partial charge in [0, 0.05) is 29.5 Å². The minimum atomic E-state index is -4.37. The number of amides is 2. The molecule has 1 fully saturated rings. The molecule has 1 aliphatic rings. The highest BCUT2D eigenvalue weighted by molar-refractivity contribution is 9.10. The highest BCUT2D eigenvalue weighted by Gasteiger charge is 2.36. The van der Waals surface area contributed by atoms with Gasteiger partial charge in [0.05, 0.1) is 31.4 Å². The molecule has 52 heavy (non-hydrogen) atoms. The van der Waals surface area contributed by atoms with Crippen LogP contribution in [-0.4, -0.2) is 64.6 Å². The Kier molecular flexibility index (Phi) is 13.6. The summed E-state index contributed by atoms with van der Waals surface area (Å²) in [4.78, 5) is 30.6. The molecule has 2 amide bonds. The van der Waals surface area contributed by atoms with E-state index in [2.05, 4.69) is 21.2 Å². The fraction of sp³-hybridized carbons (Fsp3) is 0.350. The zero-order chi connectivity index (χ0) is 37.1. The second-order valence-electron chi connectivity index (χ2n) is 12.7. The predicted molar refractivity (Wildman–Crippen MR) is 205 cm³/mol. The van der Waals surface area contributed by atoms with E-state index < -0.39 is 28.5 Å². The number of hydrogen-bond acceptors (Lipinski definition) is 7. The number of sulfonamides is 1. The molecule has 0 radical (unpaired) electrons. The van der Waals surface area contributed by atoms with Crippen LogP contribution in [0.3, 0.4) is 0 Å². The number of nitrogens with one attached hydrogen (secondary N) is 1. The first-order valence-corrected chi connectivity index (χ1v) is 19.7. The molecule has 5 rings (SSSR count). The molecule has 4 aromatic rings. The quantitative estimate of drug-likeness (QED) is 0.128. The first-order valence-electron chi connectivity index (χ1n) is 17.5. The summed E-state index contributed by atoms with van der Waals surface area (Å²) < 4.78 is 47.5. The summed E-state index contributed by atoms with van der Waals surface area (Å²) in [5.74, 6) is 0.330. The molecule has 4 aromatic carbocycles. The van der Waals surface area contributed by atoms with E-state index >= 15 is 0 Å². The molecule has 12 heteroatoms. The van der Waals surface area contributed by atoms with E-state index in [1.165, 1.54) is 37.3 Å². The molecule has 0 aromatic heterocycles. The van der Waals surface area contributed by atoms with Crippen molar-refractivity contribution >= 4 is 43.5 Å². The molecule has 1 atom stereocenters. The summed E-state index contributed by atoms with van der Waals surface area (Å²) in [6.45, 7) is 1.79. The molecule has 0 unspecified atom stereocenters. The molecule has 10 nitrogen and oxygen atoms in total. The number of nitrogens with zero attached hydrogens (tertiary/aromatic N) is 2. The Bertz CT molecular complexity index is 1880. The van der Waals surface area contributed by atoms with Crippen LogP contribution >= 0.6 is 15.9 Å². The summed E-state index contributed by atoms with van der Waals surface area (Å²) in [5.41, 5.74) is 1.91. The summed E-state index contributed by atoms with van der Waals surface area (Å²) >= 11 is 3.49. The van der Waals surface area contributed by atoms with Crippen molar-refractivity contribution in [3.63, 3.8) is 0 Å². The molecule has 1 aliphatic carbocycles. The molecule has 0 bridgehead atoms. The van der Waals surface area contributed by atoms with Crippen molar-refractivity contribution in [3.8, 4) is 17.2 Å². The Hall–Kier alpha value is -4.55. The van der Waals surface area contributed by atoms with E-state index in [1.807, 2.05) is 61.5 Å². The van der Waals surface area contributed by atoms with Crippen molar-refractivity contribution < 1.29 is 32.2 Å². The first kappa shape index (κ1) is 38.7. The van der Waals surface area contributed by atoms with Gasteiger partial charge in [0.15, 0.2) is 11.5 Å². The number of anilines is 1. The number of rotatable bonds is 16. The van der Waals surface area contributed by atoms with Crippen LogP contribution in [0.5, 0.6) is 17.2 Å². The SMILES string of the molecule is CCOc1ccc(N(CC(=O)N(Cc2ccc(Br)cc2)[C@H](Cc2ccccc2)C(=O)NC2CCCCC2)S(=O)(=O)c2ccc(OC)c(OC)c2)cc1. The third kappa shape index (κ3) is 9.86. The second-order valence-corrected chi connectivity index (χ2v) is 15.4. The first-order chi connectivity index (χ1) is 25.1. The number of benzene rings is 4. The topological polar surface area (TPSA) is 114 Å². The van der Waals surface area contributed by atoms with E-state index in [9.17, 15) is 18.0 Å². The Morgan fingerprint density at radius 2 is 1.52 bits per heavy atom. The number of halogens is 1. The minimum Gasteiger partial charge on any atom is -0.494 e. The van der Waals surface area contributed by atoms with Gasteiger partial charge < -0.3 is 24.4 Å². The molecular formula is C40H46BrN3O7S. The van der Waals surface area contributed by atoms with Crippen LogP contribution in [0.4, 0.5) is 5.69 Å². The Morgan fingerprint density at radius 1 is 0.846 bits per heavy atom. The summed E-state index contributed by atoms with van der Waals surface area (Å²) in [6, 6.07) is 27.0. The second kappa shape index (κ2) is 18.3. The maximum Gasteiger partial charge on any atom is 0.264 e. The lowest BCUT2D eigenvalue weighted by atomic mass is 9.94. The monoisotopic (exact) mass is 791 g/mol. The number of hydrogen-bond donors (Lipinski definition) is 1. The van der Waals surface area contributed by atoms with Crippen LogP contribution in [-0.2, 0) is 32.6 Å². The summed E-state index contributed by atoms with van der Waals surface area (Å²) in [7, 11) is -1.48. The van der Waals surface area contributed by atoms with Crippen molar-refractivity contribution in [2.24, 2.45) is 0 Å². The van der Waals surface area contributed by atoms with E-state index in [-0.39, 0.29) is 41.2 Å². The van der Waals surface area contributed by atoms with Crippen LogP contribution in [0.2, 0.25) is 0 Å². The molecule has 1 saturated carbocycles.